The molecule has 0 unspecified atom stereocenters. The standard InChI is InChI=1S/C12H17BrN6S/c1-4-19-7-9(13)11(17-19)5-14-12(20)16-10-6-15-18(3)8(10)2/h6-7H,4-5H2,1-3H3,(H2,14,16,20). The van der Waals surface area contributed by atoms with Crippen LogP contribution in [0.4, 0.5) is 5.69 Å². The molecule has 0 bridgehead atoms. The first-order valence-electron chi connectivity index (χ1n) is 6.26. The molecule has 20 heavy (non-hydrogen) atoms. The average Bonchev–Trinajstić information content (AvgIpc) is 2.94. The Morgan fingerprint density at radius 3 is 2.80 bits per heavy atom. The lowest BCUT2D eigenvalue weighted by Crippen LogP contribution is -2.28. The summed E-state index contributed by atoms with van der Waals surface area (Å²) in [5.74, 6) is 0. The lowest BCUT2D eigenvalue weighted by atomic mass is 10.4. The molecule has 0 aliphatic carbocycles. The molecule has 8 heteroatoms. The molecule has 2 heterocycles. The molecular formula is C12H17BrN6S. The molecule has 0 aromatic carbocycles. The van der Waals surface area contributed by atoms with Gasteiger partial charge in [0, 0.05) is 19.8 Å². The van der Waals surface area contributed by atoms with E-state index in [1.54, 1.807) is 10.9 Å². The Morgan fingerprint density at radius 1 is 1.50 bits per heavy atom. The molecule has 0 aliphatic heterocycles. The third kappa shape index (κ3) is 3.37. The van der Waals surface area contributed by atoms with Crippen molar-refractivity contribution >= 4 is 38.9 Å². The Labute approximate surface area is 131 Å². The molecule has 0 saturated carbocycles. The molecule has 2 rings (SSSR count). The maximum Gasteiger partial charge on any atom is 0.171 e. The molecule has 0 radical (unpaired) electrons. The van der Waals surface area contributed by atoms with E-state index >= 15 is 0 Å². The molecule has 2 N–H and O–H groups in total. The number of halogens is 1. The van der Waals surface area contributed by atoms with Crippen LogP contribution in [0.15, 0.2) is 16.9 Å². The third-order valence-corrected chi connectivity index (χ3v) is 3.92. The summed E-state index contributed by atoms with van der Waals surface area (Å²) in [5.41, 5.74) is 2.87. The van der Waals surface area contributed by atoms with Gasteiger partial charge in [0.2, 0.25) is 0 Å². The van der Waals surface area contributed by atoms with Crippen LogP contribution in [0.1, 0.15) is 18.3 Å². The van der Waals surface area contributed by atoms with Gasteiger partial charge in [-0.15, -0.1) is 0 Å². The van der Waals surface area contributed by atoms with Crippen LogP contribution in [0.5, 0.6) is 0 Å². The minimum Gasteiger partial charge on any atom is -0.357 e. The van der Waals surface area contributed by atoms with Crippen molar-refractivity contribution in [3.8, 4) is 0 Å². The molecule has 6 nitrogen and oxygen atoms in total. The SMILES string of the molecule is CCn1cc(Br)c(CNC(=S)Nc2cnn(C)c2C)n1. The quantitative estimate of drug-likeness (QED) is 0.822. The van der Waals surface area contributed by atoms with Crippen molar-refractivity contribution in [3.05, 3.63) is 28.3 Å². The molecule has 108 valence electrons. The summed E-state index contributed by atoms with van der Waals surface area (Å²) in [6.45, 7) is 5.44. The van der Waals surface area contributed by atoms with E-state index in [0.29, 0.717) is 11.7 Å². The van der Waals surface area contributed by atoms with E-state index in [1.807, 2.05) is 31.8 Å². The summed E-state index contributed by atoms with van der Waals surface area (Å²) < 4.78 is 4.65. The van der Waals surface area contributed by atoms with E-state index in [-0.39, 0.29) is 0 Å². The number of nitrogens with zero attached hydrogens (tertiary/aromatic N) is 4. The predicted molar refractivity (Wildman–Crippen MR) is 86.6 cm³/mol. The van der Waals surface area contributed by atoms with E-state index in [0.717, 1.165) is 28.1 Å². The highest BCUT2D eigenvalue weighted by Crippen LogP contribution is 2.15. The molecule has 0 atom stereocenters. The molecule has 0 saturated heterocycles. The third-order valence-electron chi connectivity index (χ3n) is 3.01. The van der Waals surface area contributed by atoms with Gasteiger partial charge in [-0.25, -0.2) is 0 Å². The molecule has 0 aliphatic rings. The van der Waals surface area contributed by atoms with Crippen LogP contribution in [0.3, 0.4) is 0 Å². The fourth-order valence-electron chi connectivity index (χ4n) is 1.67. The van der Waals surface area contributed by atoms with Crippen molar-refractivity contribution in [3.63, 3.8) is 0 Å². The van der Waals surface area contributed by atoms with Crippen molar-refractivity contribution in [2.45, 2.75) is 26.9 Å². The highest BCUT2D eigenvalue weighted by atomic mass is 79.9. The number of anilines is 1. The first kappa shape index (κ1) is 15.0. The van der Waals surface area contributed by atoms with Gasteiger partial charge in [-0.1, -0.05) is 0 Å². The smallest absolute Gasteiger partial charge is 0.171 e. The van der Waals surface area contributed by atoms with Crippen molar-refractivity contribution in [2.24, 2.45) is 7.05 Å². The van der Waals surface area contributed by atoms with Crippen LogP contribution in [-0.4, -0.2) is 24.7 Å². The minimum absolute atomic E-state index is 0.555. The van der Waals surface area contributed by atoms with Crippen molar-refractivity contribution in [1.29, 1.82) is 0 Å². The van der Waals surface area contributed by atoms with E-state index in [4.69, 9.17) is 12.2 Å². The summed E-state index contributed by atoms with van der Waals surface area (Å²) in [5, 5.41) is 15.4. The average molecular weight is 357 g/mol. The molecule has 2 aromatic heterocycles. The van der Waals surface area contributed by atoms with Crippen molar-refractivity contribution < 1.29 is 0 Å². The Kier molecular flexibility index (Phi) is 4.77. The van der Waals surface area contributed by atoms with Gasteiger partial charge >= 0.3 is 0 Å². The van der Waals surface area contributed by atoms with Gasteiger partial charge in [0.25, 0.3) is 0 Å². The predicted octanol–water partition coefficient (Wildman–Crippen LogP) is 2.19. The lowest BCUT2D eigenvalue weighted by Gasteiger charge is -2.09. The van der Waals surface area contributed by atoms with Gasteiger partial charge in [-0.2, -0.15) is 10.2 Å². The summed E-state index contributed by atoms with van der Waals surface area (Å²) in [6.07, 6.45) is 3.71. The zero-order valence-electron chi connectivity index (χ0n) is 11.6. The topological polar surface area (TPSA) is 59.7 Å². The maximum absolute atomic E-state index is 5.27. The van der Waals surface area contributed by atoms with Crippen LogP contribution in [0.25, 0.3) is 0 Å². The number of hydrogen-bond acceptors (Lipinski definition) is 3. The van der Waals surface area contributed by atoms with Crippen LogP contribution < -0.4 is 10.6 Å². The number of aromatic nitrogens is 4. The number of thiocarbonyl (C=S) groups is 1. The van der Waals surface area contributed by atoms with Crippen molar-refractivity contribution in [2.75, 3.05) is 5.32 Å². The van der Waals surface area contributed by atoms with Gasteiger partial charge in [0.15, 0.2) is 5.11 Å². The van der Waals surface area contributed by atoms with Crippen LogP contribution in [0, 0.1) is 6.92 Å². The lowest BCUT2D eigenvalue weighted by molar-refractivity contribution is 0.643. The van der Waals surface area contributed by atoms with E-state index in [9.17, 15) is 0 Å². The maximum atomic E-state index is 5.27. The van der Waals surface area contributed by atoms with Crippen LogP contribution in [-0.2, 0) is 20.1 Å². The first-order valence-corrected chi connectivity index (χ1v) is 7.46. The summed E-state index contributed by atoms with van der Waals surface area (Å²) in [4.78, 5) is 0. The number of rotatable bonds is 4. The van der Waals surface area contributed by atoms with E-state index in [1.165, 1.54) is 0 Å². The molecular weight excluding hydrogens is 340 g/mol. The van der Waals surface area contributed by atoms with Gasteiger partial charge in [0.05, 0.1) is 34.3 Å². The Balaban J connectivity index is 1.92. The molecule has 0 fully saturated rings. The normalized spacial score (nSPS) is 10.6. The van der Waals surface area contributed by atoms with E-state index < -0.39 is 0 Å². The van der Waals surface area contributed by atoms with Gasteiger partial charge in [0.1, 0.15) is 0 Å². The fourth-order valence-corrected chi connectivity index (χ4v) is 2.31. The van der Waals surface area contributed by atoms with Crippen LogP contribution >= 0.6 is 28.1 Å². The second-order valence-electron chi connectivity index (χ2n) is 4.35. The highest BCUT2D eigenvalue weighted by molar-refractivity contribution is 9.10. The summed E-state index contributed by atoms with van der Waals surface area (Å²) in [6, 6.07) is 0. The zero-order valence-corrected chi connectivity index (χ0v) is 14.0. The van der Waals surface area contributed by atoms with E-state index in [2.05, 4.69) is 36.8 Å². The summed E-state index contributed by atoms with van der Waals surface area (Å²) in [7, 11) is 1.89. The minimum atomic E-state index is 0.555. The van der Waals surface area contributed by atoms with Crippen LogP contribution in [0.2, 0.25) is 0 Å². The zero-order chi connectivity index (χ0) is 14.7. The largest absolute Gasteiger partial charge is 0.357 e. The Morgan fingerprint density at radius 2 is 2.25 bits per heavy atom. The van der Waals surface area contributed by atoms with Gasteiger partial charge in [-0.3, -0.25) is 9.36 Å². The Bertz CT molecular complexity index is 617. The molecule has 2 aromatic rings. The number of hydrogen-bond donors (Lipinski definition) is 2. The first-order chi connectivity index (χ1) is 9.51. The second-order valence-corrected chi connectivity index (χ2v) is 5.62. The fraction of sp³-hybridized carbons (Fsp3) is 0.417. The second kappa shape index (κ2) is 6.36. The molecule has 0 spiro atoms. The number of nitrogens with one attached hydrogen (secondary N) is 2. The summed E-state index contributed by atoms with van der Waals surface area (Å²) >= 11 is 8.76. The van der Waals surface area contributed by atoms with Crippen molar-refractivity contribution in [1.82, 2.24) is 24.9 Å². The highest BCUT2D eigenvalue weighted by Gasteiger charge is 2.08. The monoisotopic (exact) mass is 356 g/mol. The van der Waals surface area contributed by atoms with Gasteiger partial charge < -0.3 is 10.6 Å². The van der Waals surface area contributed by atoms with Gasteiger partial charge in [-0.05, 0) is 42.0 Å². The number of aryl methyl sites for hydroxylation is 2. The molecule has 0 amide bonds. The Hall–Kier alpha value is -1.41.